The van der Waals surface area contributed by atoms with Crippen LogP contribution < -0.4 is 20.3 Å². The van der Waals surface area contributed by atoms with E-state index in [-0.39, 0.29) is 24.2 Å². The standard InChI is InChI=1S/C25H25N3O4/c1-15(2)12-28-13-18(22-17-6-4-5-7-19(17)27(3)23(22)25(28)30)24(29)26-11-16-8-9-20-21(10-16)32-14-31-20/h4-10,13,15H,11-12,14H2,1-3H3,(H,26,29). The molecule has 1 aliphatic heterocycles. The molecule has 2 aromatic heterocycles. The highest BCUT2D eigenvalue weighted by Gasteiger charge is 2.21. The van der Waals surface area contributed by atoms with E-state index in [1.54, 1.807) is 10.8 Å². The van der Waals surface area contributed by atoms with Gasteiger partial charge in [-0.3, -0.25) is 9.59 Å². The molecule has 1 amide bonds. The van der Waals surface area contributed by atoms with Crippen LogP contribution >= 0.6 is 0 Å². The predicted octanol–water partition coefficient (Wildman–Crippen LogP) is 3.81. The lowest BCUT2D eigenvalue weighted by Gasteiger charge is -2.13. The molecule has 0 fully saturated rings. The van der Waals surface area contributed by atoms with Crippen molar-refractivity contribution in [3.63, 3.8) is 0 Å². The summed E-state index contributed by atoms with van der Waals surface area (Å²) in [6.45, 7) is 5.19. The molecular formula is C25H25N3O4. The number of fused-ring (bicyclic) bond motifs is 4. The van der Waals surface area contributed by atoms with E-state index in [0.717, 1.165) is 16.5 Å². The van der Waals surface area contributed by atoms with E-state index >= 15 is 0 Å². The zero-order valence-electron chi connectivity index (χ0n) is 18.3. The number of nitrogens with zero attached hydrogens (tertiary/aromatic N) is 2. The van der Waals surface area contributed by atoms with Crippen LogP contribution in [0.1, 0.15) is 29.8 Å². The van der Waals surface area contributed by atoms with E-state index in [1.807, 2.05) is 54.1 Å². The molecule has 0 saturated carbocycles. The van der Waals surface area contributed by atoms with Crippen molar-refractivity contribution in [1.82, 2.24) is 14.5 Å². The molecule has 1 N–H and O–H groups in total. The monoisotopic (exact) mass is 431 g/mol. The number of carbonyl (C=O) groups excluding carboxylic acids is 1. The van der Waals surface area contributed by atoms with Crippen LogP contribution in [-0.4, -0.2) is 21.8 Å². The van der Waals surface area contributed by atoms with E-state index in [1.165, 1.54) is 0 Å². The highest BCUT2D eigenvalue weighted by molar-refractivity contribution is 6.17. The number of benzene rings is 2. The van der Waals surface area contributed by atoms with Gasteiger partial charge in [0.1, 0.15) is 5.52 Å². The lowest BCUT2D eigenvalue weighted by atomic mass is 10.1. The first kappa shape index (κ1) is 20.2. The number of pyridine rings is 1. The average Bonchev–Trinajstić information content (AvgIpc) is 3.36. The van der Waals surface area contributed by atoms with Crippen molar-refractivity contribution in [3.05, 3.63) is 70.1 Å². The topological polar surface area (TPSA) is 74.5 Å². The number of para-hydroxylation sites is 1. The summed E-state index contributed by atoms with van der Waals surface area (Å²) in [7, 11) is 1.88. The normalized spacial score (nSPS) is 12.8. The second-order valence-corrected chi connectivity index (χ2v) is 8.56. The van der Waals surface area contributed by atoms with Gasteiger partial charge in [0, 0.05) is 42.6 Å². The van der Waals surface area contributed by atoms with Crippen molar-refractivity contribution in [2.24, 2.45) is 13.0 Å². The molecule has 0 bridgehead atoms. The number of ether oxygens (including phenoxy) is 2. The number of carbonyl (C=O) groups is 1. The first-order valence-corrected chi connectivity index (χ1v) is 10.7. The van der Waals surface area contributed by atoms with Crippen LogP contribution in [0, 0.1) is 5.92 Å². The van der Waals surface area contributed by atoms with Crippen molar-refractivity contribution < 1.29 is 14.3 Å². The molecule has 0 spiro atoms. The third kappa shape index (κ3) is 3.30. The molecule has 32 heavy (non-hydrogen) atoms. The second kappa shape index (κ2) is 7.75. The van der Waals surface area contributed by atoms with Crippen molar-refractivity contribution in [1.29, 1.82) is 0 Å². The van der Waals surface area contributed by atoms with Gasteiger partial charge >= 0.3 is 0 Å². The molecule has 4 aromatic rings. The maximum atomic E-state index is 13.4. The van der Waals surface area contributed by atoms with E-state index in [2.05, 4.69) is 19.2 Å². The summed E-state index contributed by atoms with van der Waals surface area (Å²) in [5.41, 5.74) is 2.79. The fourth-order valence-corrected chi connectivity index (χ4v) is 4.36. The van der Waals surface area contributed by atoms with E-state index in [9.17, 15) is 9.59 Å². The molecule has 7 nitrogen and oxygen atoms in total. The van der Waals surface area contributed by atoms with Gasteiger partial charge in [0.15, 0.2) is 11.5 Å². The Morgan fingerprint density at radius 1 is 1.12 bits per heavy atom. The Labute approximate surface area is 185 Å². The number of rotatable bonds is 5. The van der Waals surface area contributed by atoms with Crippen LogP contribution in [0.5, 0.6) is 11.5 Å². The molecular weight excluding hydrogens is 406 g/mol. The molecule has 0 radical (unpaired) electrons. The van der Waals surface area contributed by atoms with Gasteiger partial charge in [0.25, 0.3) is 11.5 Å². The summed E-state index contributed by atoms with van der Waals surface area (Å²) >= 11 is 0. The average molecular weight is 431 g/mol. The molecule has 0 saturated heterocycles. The van der Waals surface area contributed by atoms with Gasteiger partial charge in [-0.1, -0.05) is 38.1 Å². The van der Waals surface area contributed by atoms with Crippen molar-refractivity contribution in [2.75, 3.05) is 6.79 Å². The highest BCUT2D eigenvalue weighted by atomic mass is 16.7. The summed E-state index contributed by atoms with van der Waals surface area (Å²) in [5.74, 6) is 1.43. The molecule has 0 aliphatic carbocycles. The highest BCUT2D eigenvalue weighted by Crippen LogP contribution is 2.33. The van der Waals surface area contributed by atoms with Gasteiger partial charge in [-0.05, 0) is 29.7 Å². The van der Waals surface area contributed by atoms with E-state index in [4.69, 9.17) is 9.47 Å². The van der Waals surface area contributed by atoms with Crippen LogP contribution in [0.15, 0.2) is 53.5 Å². The van der Waals surface area contributed by atoms with Crippen molar-refractivity contribution >= 4 is 27.7 Å². The van der Waals surface area contributed by atoms with Crippen LogP contribution in [0.3, 0.4) is 0 Å². The second-order valence-electron chi connectivity index (χ2n) is 8.56. The van der Waals surface area contributed by atoms with Crippen molar-refractivity contribution in [2.45, 2.75) is 26.9 Å². The summed E-state index contributed by atoms with van der Waals surface area (Å²) in [4.78, 5) is 26.7. The molecule has 1 aliphatic rings. The minimum absolute atomic E-state index is 0.0836. The molecule has 5 rings (SSSR count). The maximum absolute atomic E-state index is 13.4. The zero-order valence-corrected chi connectivity index (χ0v) is 18.3. The number of hydrogen-bond donors (Lipinski definition) is 1. The SMILES string of the molecule is CC(C)Cn1cc(C(=O)NCc2ccc3c(c2)OCO3)c2c3ccccc3n(C)c2c1=O. The molecule has 0 atom stereocenters. The smallest absolute Gasteiger partial charge is 0.275 e. The molecule has 3 heterocycles. The Morgan fingerprint density at radius 3 is 2.72 bits per heavy atom. The Bertz CT molecular complexity index is 1410. The number of aromatic nitrogens is 2. The van der Waals surface area contributed by atoms with Gasteiger partial charge in [-0.2, -0.15) is 0 Å². The molecule has 164 valence electrons. The largest absolute Gasteiger partial charge is 0.454 e. The molecule has 2 aromatic carbocycles. The fourth-order valence-electron chi connectivity index (χ4n) is 4.36. The van der Waals surface area contributed by atoms with E-state index < -0.39 is 0 Å². The van der Waals surface area contributed by atoms with Crippen LogP contribution in [-0.2, 0) is 20.1 Å². The predicted molar refractivity (Wildman–Crippen MR) is 123 cm³/mol. The number of nitrogens with one attached hydrogen (secondary N) is 1. The van der Waals surface area contributed by atoms with Crippen molar-refractivity contribution in [3.8, 4) is 11.5 Å². The van der Waals surface area contributed by atoms with Gasteiger partial charge in [0.2, 0.25) is 6.79 Å². The Hall–Kier alpha value is -3.74. The lowest BCUT2D eigenvalue weighted by Crippen LogP contribution is -2.29. The van der Waals surface area contributed by atoms with Crippen LogP contribution in [0.4, 0.5) is 0 Å². The van der Waals surface area contributed by atoms with Crippen LogP contribution in [0.2, 0.25) is 0 Å². The summed E-state index contributed by atoms with van der Waals surface area (Å²) in [6, 6.07) is 13.4. The van der Waals surface area contributed by atoms with Gasteiger partial charge in [0.05, 0.1) is 5.56 Å². The summed E-state index contributed by atoms with van der Waals surface area (Å²) in [6.07, 6.45) is 1.70. The third-order valence-corrected chi connectivity index (χ3v) is 5.82. The summed E-state index contributed by atoms with van der Waals surface area (Å²) < 4.78 is 14.3. The third-order valence-electron chi connectivity index (χ3n) is 5.82. The van der Waals surface area contributed by atoms with Gasteiger partial charge in [-0.15, -0.1) is 0 Å². The number of hydrogen-bond acceptors (Lipinski definition) is 4. The minimum Gasteiger partial charge on any atom is -0.454 e. The zero-order chi connectivity index (χ0) is 22.4. The minimum atomic E-state index is -0.221. The van der Waals surface area contributed by atoms with Gasteiger partial charge in [-0.25, -0.2) is 0 Å². The lowest BCUT2D eigenvalue weighted by molar-refractivity contribution is 0.0951. The van der Waals surface area contributed by atoms with Crippen LogP contribution in [0.25, 0.3) is 21.8 Å². The van der Waals surface area contributed by atoms with Gasteiger partial charge < -0.3 is 23.9 Å². The number of aryl methyl sites for hydroxylation is 1. The fraction of sp³-hybridized carbons (Fsp3) is 0.280. The van der Waals surface area contributed by atoms with E-state index in [0.29, 0.717) is 41.1 Å². The molecule has 0 unspecified atom stereocenters. The molecule has 7 heteroatoms. The Balaban J connectivity index is 1.58. The first-order valence-electron chi connectivity index (χ1n) is 10.7. The first-order chi connectivity index (χ1) is 15.4. The Kier molecular flexibility index (Phi) is 4.89. The maximum Gasteiger partial charge on any atom is 0.275 e. The summed E-state index contributed by atoms with van der Waals surface area (Å²) in [5, 5.41) is 4.60. The Morgan fingerprint density at radius 2 is 1.91 bits per heavy atom. The quantitative estimate of drug-likeness (QED) is 0.522. The number of amides is 1.